The van der Waals surface area contributed by atoms with E-state index in [0.29, 0.717) is 17.1 Å². The average molecular weight is 390 g/mol. The van der Waals surface area contributed by atoms with Crippen LogP contribution in [0.5, 0.6) is 5.88 Å². The molecule has 1 amide bonds. The van der Waals surface area contributed by atoms with Crippen LogP contribution in [0.3, 0.4) is 0 Å². The second-order valence-corrected chi connectivity index (χ2v) is 7.53. The van der Waals surface area contributed by atoms with Crippen molar-refractivity contribution in [2.75, 3.05) is 11.1 Å². The molecular formula is C20H27N3O3S. The van der Waals surface area contributed by atoms with Gasteiger partial charge in [0, 0.05) is 11.7 Å². The van der Waals surface area contributed by atoms with Crippen molar-refractivity contribution in [3.63, 3.8) is 0 Å². The molecule has 27 heavy (non-hydrogen) atoms. The molecule has 1 aromatic heterocycles. The molecule has 146 valence electrons. The normalized spacial score (nSPS) is 12.0. The minimum absolute atomic E-state index is 0.0694. The molecule has 0 saturated heterocycles. The summed E-state index contributed by atoms with van der Waals surface area (Å²) in [5.41, 5.74) is 2.86. The molecule has 0 aliphatic rings. The number of aromatic hydroxyl groups is 1. The Morgan fingerprint density at radius 2 is 1.93 bits per heavy atom. The maximum Gasteiger partial charge on any atom is 0.261 e. The zero-order valence-electron chi connectivity index (χ0n) is 16.5. The predicted molar refractivity (Wildman–Crippen MR) is 110 cm³/mol. The number of para-hydroxylation sites is 1. The van der Waals surface area contributed by atoms with Crippen molar-refractivity contribution in [2.24, 2.45) is 0 Å². The molecule has 0 bridgehead atoms. The van der Waals surface area contributed by atoms with Crippen LogP contribution in [0.25, 0.3) is 0 Å². The van der Waals surface area contributed by atoms with Crippen LogP contribution in [-0.2, 0) is 11.2 Å². The van der Waals surface area contributed by atoms with Gasteiger partial charge in [0.05, 0.1) is 11.3 Å². The third-order valence-corrected chi connectivity index (χ3v) is 5.57. The van der Waals surface area contributed by atoms with Crippen LogP contribution in [0.1, 0.15) is 49.9 Å². The summed E-state index contributed by atoms with van der Waals surface area (Å²) in [4.78, 5) is 29.3. The third-order valence-electron chi connectivity index (χ3n) is 4.62. The first-order valence-electron chi connectivity index (χ1n) is 9.13. The van der Waals surface area contributed by atoms with Crippen molar-refractivity contribution in [1.29, 1.82) is 0 Å². The molecule has 0 fully saturated rings. The van der Waals surface area contributed by atoms with E-state index in [1.165, 1.54) is 0 Å². The van der Waals surface area contributed by atoms with Crippen LogP contribution in [-0.4, -0.2) is 26.3 Å². The molecule has 7 heteroatoms. The number of aryl methyl sites for hydroxylation is 2. The second-order valence-electron chi connectivity index (χ2n) is 6.59. The quantitative estimate of drug-likeness (QED) is 0.555. The van der Waals surface area contributed by atoms with Gasteiger partial charge in [0.15, 0.2) is 5.16 Å². The first kappa shape index (κ1) is 21.0. The van der Waals surface area contributed by atoms with Gasteiger partial charge in [-0.05, 0) is 44.7 Å². The molecule has 0 radical (unpaired) electrons. The fraction of sp³-hybridized carbons (Fsp3) is 0.450. The summed E-state index contributed by atoms with van der Waals surface area (Å²) in [5, 5.41) is 13.4. The van der Waals surface area contributed by atoms with Gasteiger partial charge in [-0.25, -0.2) is 0 Å². The van der Waals surface area contributed by atoms with Gasteiger partial charge in [0.25, 0.3) is 5.56 Å². The standard InChI is InChI=1S/C20H27N3O3S/c1-6-14(5)23-19(26)15(7-2)18(25)22-20(23)27-11-16(24)21-17-12(3)9-8-10-13(17)4/h8-10,14,25H,6-7,11H2,1-5H3,(H,21,24)/t14-/m0/s1. The molecule has 2 rings (SSSR count). The number of benzene rings is 1. The molecule has 6 nitrogen and oxygen atoms in total. The minimum atomic E-state index is -0.250. The van der Waals surface area contributed by atoms with Crippen LogP contribution in [0, 0.1) is 13.8 Å². The van der Waals surface area contributed by atoms with E-state index >= 15 is 0 Å². The van der Waals surface area contributed by atoms with E-state index in [0.717, 1.165) is 35.0 Å². The zero-order chi connectivity index (χ0) is 20.1. The van der Waals surface area contributed by atoms with E-state index < -0.39 is 0 Å². The Labute approximate surface area is 164 Å². The van der Waals surface area contributed by atoms with Crippen LogP contribution >= 0.6 is 11.8 Å². The first-order valence-corrected chi connectivity index (χ1v) is 10.1. The van der Waals surface area contributed by atoms with Crippen molar-refractivity contribution in [3.05, 3.63) is 45.2 Å². The second kappa shape index (κ2) is 9.08. The van der Waals surface area contributed by atoms with Gasteiger partial charge in [-0.1, -0.05) is 43.8 Å². The highest BCUT2D eigenvalue weighted by molar-refractivity contribution is 7.99. The number of carbonyl (C=O) groups is 1. The van der Waals surface area contributed by atoms with Gasteiger partial charge in [-0.3, -0.25) is 14.2 Å². The zero-order valence-corrected chi connectivity index (χ0v) is 17.3. The Kier molecular flexibility index (Phi) is 7.07. The molecule has 2 aromatic rings. The summed E-state index contributed by atoms with van der Waals surface area (Å²) < 4.78 is 1.58. The van der Waals surface area contributed by atoms with Crippen LogP contribution in [0.2, 0.25) is 0 Å². The summed E-state index contributed by atoms with van der Waals surface area (Å²) in [7, 11) is 0. The molecule has 0 saturated carbocycles. The third kappa shape index (κ3) is 4.71. The number of carbonyl (C=O) groups excluding carboxylic acids is 1. The fourth-order valence-electron chi connectivity index (χ4n) is 2.84. The summed E-state index contributed by atoms with van der Waals surface area (Å²) in [6.45, 7) is 9.61. The van der Waals surface area contributed by atoms with E-state index in [9.17, 15) is 14.7 Å². The number of amides is 1. The summed E-state index contributed by atoms with van der Waals surface area (Å²) in [6, 6.07) is 5.76. The van der Waals surface area contributed by atoms with Gasteiger partial charge in [0.2, 0.25) is 11.8 Å². The first-order chi connectivity index (χ1) is 12.8. The van der Waals surface area contributed by atoms with Gasteiger partial charge >= 0.3 is 0 Å². The fourth-order valence-corrected chi connectivity index (χ4v) is 3.72. The smallest absolute Gasteiger partial charge is 0.261 e. The summed E-state index contributed by atoms with van der Waals surface area (Å²) in [5.74, 6) is -0.331. The summed E-state index contributed by atoms with van der Waals surface area (Å²) >= 11 is 1.16. The molecule has 0 spiro atoms. The lowest BCUT2D eigenvalue weighted by molar-refractivity contribution is -0.113. The highest BCUT2D eigenvalue weighted by Gasteiger charge is 2.19. The number of rotatable bonds is 7. The van der Waals surface area contributed by atoms with Crippen molar-refractivity contribution < 1.29 is 9.90 Å². The van der Waals surface area contributed by atoms with Gasteiger partial charge < -0.3 is 10.4 Å². The lowest BCUT2D eigenvalue weighted by Crippen LogP contribution is -2.29. The minimum Gasteiger partial charge on any atom is -0.493 e. The molecule has 1 aromatic carbocycles. The summed E-state index contributed by atoms with van der Waals surface area (Å²) in [6.07, 6.45) is 1.16. The van der Waals surface area contributed by atoms with E-state index in [1.807, 2.05) is 52.8 Å². The molecule has 2 N–H and O–H groups in total. The number of nitrogens with one attached hydrogen (secondary N) is 1. The lowest BCUT2D eigenvalue weighted by Gasteiger charge is -2.19. The van der Waals surface area contributed by atoms with Gasteiger partial charge in [-0.15, -0.1) is 0 Å². The SMILES string of the molecule is CCc1c(O)nc(SCC(=O)Nc2c(C)cccc2C)n([C@@H](C)CC)c1=O. The average Bonchev–Trinajstić information content (AvgIpc) is 2.62. The molecule has 0 unspecified atom stereocenters. The Hall–Kier alpha value is -2.28. The Bertz CT molecular complexity index is 873. The highest BCUT2D eigenvalue weighted by atomic mass is 32.2. The maximum absolute atomic E-state index is 12.7. The molecule has 0 aliphatic carbocycles. The van der Waals surface area contributed by atoms with E-state index in [-0.39, 0.29) is 29.1 Å². The maximum atomic E-state index is 12.7. The van der Waals surface area contributed by atoms with Crippen LogP contribution in [0.15, 0.2) is 28.2 Å². The number of nitrogens with zero attached hydrogens (tertiary/aromatic N) is 2. The van der Waals surface area contributed by atoms with Crippen molar-refractivity contribution in [1.82, 2.24) is 9.55 Å². The highest BCUT2D eigenvalue weighted by Crippen LogP contribution is 2.25. The van der Waals surface area contributed by atoms with Crippen LogP contribution in [0.4, 0.5) is 5.69 Å². The van der Waals surface area contributed by atoms with Gasteiger partial charge in [0.1, 0.15) is 0 Å². The number of thioether (sulfide) groups is 1. The topological polar surface area (TPSA) is 84.2 Å². The molecule has 1 atom stereocenters. The number of hydrogen-bond donors (Lipinski definition) is 2. The van der Waals surface area contributed by atoms with Crippen molar-refractivity contribution >= 4 is 23.4 Å². The Morgan fingerprint density at radius 1 is 1.30 bits per heavy atom. The Morgan fingerprint density at radius 3 is 2.48 bits per heavy atom. The number of anilines is 1. The van der Waals surface area contributed by atoms with Gasteiger partial charge in [-0.2, -0.15) is 4.98 Å². The number of hydrogen-bond acceptors (Lipinski definition) is 5. The van der Waals surface area contributed by atoms with Crippen LogP contribution < -0.4 is 10.9 Å². The van der Waals surface area contributed by atoms with E-state index in [2.05, 4.69) is 10.3 Å². The largest absolute Gasteiger partial charge is 0.493 e. The Balaban J connectivity index is 2.24. The van der Waals surface area contributed by atoms with Crippen molar-refractivity contribution in [2.45, 2.75) is 58.7 Å². The van der Waals surface area contributed by atoms with E-state index in [4.69, 9.17) is 0 Å². The molecule has 0 aliphatic heterocycles. The molecular weight excluding hydrogens is 362 g/mol. The molecule has 1 heterocycles. The van der Waals surface area contributed by atoms with Crippen molar-refractivity contribution in [3.8, 4) is 5.88 Å². The predicted octanol–water partition coefficient (Wildman–Crippen LogP) is 3.83. The number of aromatic nitrogens is 2. The van der Waals surface area contributed by atoms with E-state index in [1.54, 1.807) is 4.57 Å². The monoisotopic (exact) mass is 389 g/mol. The lowest BCUT2D eigenvalue weighted by atomic mass is 10.1.